The van der Waals surface area contributed by atoms with E-state index < -0.39 is 0 Å². The fraction of sp³-hybridized carbons (Fsp3) is 0.190. The molecule has 0 bridgehead atoms. The van der Waals surface area contributed by atoms with Crippen molar-refractivity contribution in [3.8, 4) is 0 Å². The summed E-state index contributed by atoms with van der Waals surface area (Å²) in [4.78, 5) is 27.1. The average Bonchev–Trinajstić information content (AvgIpc) is 2.72. The highest BCUT2D eigenvalue weighted by molar-refractivity contribution is 6.11. The van der Waals surface area contributed by atoms with Gasteiger partial charge in [-0.05, 0) is 43.2 Å². The van der Waals surface area contributed by atoms with Gasteiger partial charge in [-0.25, -0.2) is 9.97 Å². The minimum absolute atomic E-state index is 0.180. The van der Waals surface area contributed by atoms with E-state index in [1.807, 2.05) is 55.4 Å². The van der Waals surface area contributed by atoms with Gasteiger partial charge in [0.05, 0.1) is 22.1 Å². The molecule has 1 heterocycles. The highest BCUT2D eigenvalue weighted by atomic mass is 16.1. The van der Waals surface area contributed by atoms with Gasteiger partial charge in [0.2, 0.25) is 0 Å². The number of benzene rings is 3. The van der Waals surface area contributed by atoms with Crippen LogP contribution in [0.1, 0.15) is 10.4 Å². The van der Waals surface area contributed by atoms with Gasteiger partial charge in [0.25, 0.3) is 5.91 Å². The topological polar surface area (TPSA) is 107 Å². The van der Waals surface area contributed by atoms with Crippen molar-refractivity contribution in [2.45, 2.75) is 0 Å². The number of hydrogen-bond donors (Lipinski definition) is 1. The van der Waals surface area contributed by atoms with E-state index in [2.05, 4.69) is 15.3 Å². The highest BCUT2D eigenvalue weighted by Gasteiger charge is 2.14. The molecule has 4 rings (SSSR count). The molecule has 8 heteroatoms. The zero-order valence-corrected chi connectivity index (χ0v) is 16.1. The first-order chi connectivity index (χ1) is 14.1. The van der Waals surface area contributed by atoms with E-state index >= 15 is 0 Å². The molecule has 1 N–H and O–H groups in total. The minimum Gasteiger partial charge on any atom is -0.351 e. The molecule has 0 fully saturated rings. The monoisotopic (exact) mass is 385 g/mol. The van der Waals surface area contributed by atoms with Gasteiger partial charge in [-0.15, -0.1) is 0 Å². The number of likely N-dealkylation sites (N-methyl/N-ethyl adjacent to an activating group) is 1. The lowest BCUT2D eigenvalue weighted by molar-refractivity contribution is 0.0952. The normalized spacial score (nSPS) is 11.1. The fourth-order valence-electron chi connectivity index (χ4n) is 3.31. The largest absolute Gasteiger partial charge is 0.351 e. The maximum atomic E-state index is 12.7. The van der Waals surface area contributed by atoms with E-state index in [0.717, 1.165) is 17.3 Å². The Bertz CT molecular complexity index is 1290. The molecule has 1 aromatic heterocycles. The van der Waals surface area contributed by atoms with Crippen molar-refractivity contribution in [3.63, 3.8) is 0 Å². The summed E-state index contributed by atoms with van der Waals surface area (Å²) in [6.07, 6.45) is 0. The molecule has 0 unspecified atom stereocenters. The number of nitrogens with zero attached hydrogens (tertiary/aromatic N) is 6. The standard InChI is InChI=1S/C21H19N7O/c1-28(2)12-11-23-21(29)15-6-4-8-17-20(15)25-19-14-5-3-7-16(26-27-22)13(14)9-10-18(19)24-17/h3-10H,11-12H2,1-2H3,(H,23,29). The van der Waals surface area contributed by atoms with Gasteiger partial charge in [-0.2, -0.15) is 0 Å². The smallest absolute Gasteiger partial charge is 0.253 e. The van der Waals surface area contributed by atoms with Crippen molar-refractivity contribution < 1.29 is 4.79 Å². The Morgan fingerprint density at radius 3 is 2.62 bits per heavy atom. The Balaban J connectivity index is 1.89. The number of nitrogens with one attached hydrogen (secondary N) is 1. The number of azide groups is 1. The van der Waals surface area contributed by atoms with Gasteiger partial charge >= 0.3 is 0 Å². The maximum absolute atomic E-state index is 12.7. The van der Waals surface area contributed by atoms with Crippen molar-refractivity contribution in [2.75, 3.05) is 27.2 Å². The first-order valence-corrected chi connectivity index (χ1v) is 9.19. The Hall–Kier alpha value is -3.74. The molecule has 144 valence electrons. The van der Waals surface area contributed by atoms with Gasteiger partial charge in [0, 0.05) is 29.1 Å². The number of carbonyl (C=O) groups is 1. The molecule has 0 radical (unpaired) electrons. The van der Waals surface area contributed by atoms with Gasteiger partial charge in [0.1, 0.15) is 5.52 Å². The predicted octanol–water partition coefficient (Wildman–Crippen LogP) is 4.17. The summed E-state index contributed by atoms with van der Waals surface area (Å²) in [5.74, 6) is -0.180. The summed E-state index contributed by atoms with van der Waals surface area (Å²) in [6, 6.07) is 14.6. The van der Waals surface area contributed by atoms with Gasteiger partial charge < -0.3 is 10.2 Å². The Morgan fingerprint density at radius 2 is 1.83 bits per heavy atom. The molecular weight excluding hydrogens is 366 g/mol. The molecule has 4 aromatic rings. The molecule has 0 atom stereocenters. The van der Waals surface area contributed by atoms with Crippen LogP contribution >= 0.6 is 0 Å². The number of aromatic nitrogens is 2. The van der Waals surface area contributed by atoms with Crippen LogP contribution in [0.3, 0.4) is 0 Å². The molecule has 0 aliphatic heterocycles. The van der Waals surface area contributed by atoms with Crippen molar-refractivity contribution in [1.29, 1.82) is 0 Å². The van der Waals surface area contributed by atoms with Gasteiger partial charge in [-0.3, -0.25) is 4.79 Å². The van der Waals surface area contributed by atoms with Crippen LogP contribution in [0.4, 0.5) is 5.69 Å². The first-order valence-electron chi connectivity index (χ1n) is 9.19. The van der Waals surface area contributed by atoms with Crippen LogP contribution in [0.25, 0.3) is 43.3 Å². The van der Waals surface area contributed by atoms with E-state index in [-0.39, 0.29) is 5.91 Å². The highest BCUT2D eigenvalue weighted by Crippen LogP contribution is 2.31. The van der Waals surface area contributed by atoms with E-state index in [1.54, 1.807) is 12.1 Å². The minimum atomic E-state index is -0.180. The number of amides is 1. The second-order valence-corrected chi connectivity index (χ2v) is 6.95. The third kappa shape index (κ3) is 3.54. The summed E-state index contributed by atoms with van der Waals surface area (Å²) in [7, 11) is 3.91. The number of fused-ring (bicyclic) bond motifs is 4. The molecule has 0 spiro atoms. The van der Waals surface area contributed by atoms with Crippen LogP contribution < -0.4 is 5.32 Å². The predicted molar refractivity (Wildman–Crippen MR) is 114 cm³/mol. The van der Waals surface area contributed by atoms with Crippen LogP contribution in [0.2, 0.25) is 0 Å². The van der Waals surface area contributed by atoms with Gasteiger partial charge in [0.15, 0.2) is 0 Å². The molecule has 0 aliphatic carbocycles. The summed E-state index contributed by atoms with van der Waals surface area (Å²) >= 11 is 0. The Labute approximate surface area is 166 Å². The Morgan fingerprint density at radius 1 is 1.03 bits per heavy atom. The number of hydrogen-bond acceptors (Lipinski definition) is 5. The van der Waals surface area contributed by atoms with Crippen LogP contribution in [-0.2, 0) is 0 Å². The second kappa shape index (κ2) is 7.71. The van der Waals surface area contributed by atoms with Crippen molar-refractivity contribution in [3.05, 3.63) is 64.5 Å². The van der Waals surface area contributed by atoms with Crippen LogP contribution in [0, 0.1) is 0 Å². The maximum Gasteiger partial charge on any atom is 0.253 e. The summed E-state index contributed by atoms with van der Waals surface area (Å²) in [5, 5.41) is 8.31. The second-order valence-electron chi connectivity index (χ2n) is 6.95. The van der Waals surface area contributed by atoms with E-state index in [9.17, 15) is 4.79 Å². The fourth-order valence-corrected chi connectivity index (χ4v) is 3.31. The Kier molecular flexibility index (Phi) is 4.95. The first kappa shape index (κ1) is 18.6. The molecule has 3 aromatic carbocycles. The van der Waals surface area contributed by atoms with Crippen molar-refractivity contribution in [2.24, 2.45) is 5.11 Å². The summed E-state index contributed by atoms with van der Waals surface area (Å²) in [5.41, 5.74) is 12.4. The zero-order chi connectivity index (χ0) is 20.4. The number of rotatable bonds is 5. The summed E-state index contributed by atoms with van der Waals surface area (Å²) < 4.78 is 0. The van der Waals surface area contributed by atoms with Crippen molar-refractivity contribution in [1.82, 2.24) is 20.2 Å². The molecular formula is C21H19N7O. The van der Waals surface area contributed by atoms with E-state index in [1.165, 1.54) is 0 Å². The van der Waals surface area contributed by atoms with Crippen LogP contribution in [0.5, 0.6) is 0 Å². The molecule has 29 heavy (non-hydrogen) atoms. The lowest BCUT2D eigenvalue weighted by atomic mass is 10.1. The van der Waals surface area contributed by atoms with Crippen LogP contribution in [0.15, 0.2) is 53.6 Å². The third-order valence-corrected chi connectivity index (χ3v) is 4.71. The summed E-state index contributed by atoms with van der Waals surface area (Å²) in [6.45, 7) is 1.29. The molecule has 8 nitrogen and oxygen atoms in total. The quantitative estimate of drug-likeness (QED) is 0.183. The SMILES string of the molecule is CN(C)CCNC(=O)c1cccc2nc3ccc4c(N=[N+]=[N-])cccc4c3nc12. The lowest BCUT2D eigenvalue weighted by Crippen LogP contribution is -2.31. The third-order valence-electron chi connectivity index (χ3n) is 4.71. The molecule has 1 amide bonds. The number of carbonyl (C=O) groups excluding carboxylic acids is 1. The van der Waals surface area contributed by atoms with E-state index in [4.69, 9.17) is 15.5 Å². The van der Waals surface area contributed by atoms with Gasteiger partial charge in [-0.1, -0.05) is 35.4 Å². The molecule has 0 aliphatic rings. The lowest BCUT2D eigenvalue weighted by Gasteiger charge is -2.12. The van der Waals surface area contributed by atoms with E-state index in [0.29, 0.717) is 39.9 Å². The zero-order valence-electron chi connectivity index (χ0n) is 16.1. The molecule has 0 saturated carbocycles. The van der Waals surface area contributed by atoms with Crippen LogP contribution in [-0.4, -0.2) is 48.0 Å². The van der Waals surface area contributed by atoms with Crippen molar-refractivity contribution >= 4 is 44.4 Å². The molecule has 0 saturated heterocycles. The average molecular weight is 385 g/mol. The number of para-hydroxylation sites is 1.